The first-order valence-corrected chi connectivity index (χ1v) is 11.4. The number of pyridine rings is 1. The van der Waals surface area contributed by atoms with Crippen molar-refractivity contribution in [3.8, 4) is 0 Å². The van der Waals surface area contributed by atoms with Crippen molar-refractivity contribution in [1.82, 2.24) is 9.55 Å². The summed E-state index contributed by atoms with van der Waals surface area (Å²) in [5, 5.41) is 10.7. The highest BCUT2D eigenvalue weighted by molar-refractivity contribution is 6.01. The number of benzene rings is 3. The molecule has 0 bridgehead atoms. The highest BCUT2D eigenvalue weighted by atomic mass is 15.2. The number of aryl methyl sites for hydroxylation is 3. The molecule has 5 nitrogen and oxygen atoms in total. The third-order valence-corrected chi connectivity index (χ3v) is 6.21. The lowest BCUT2D eigenvalue weighted by Gasteiger charge is -2.13. The number of hydrogen-bond donors (Lipinski definition) is 1. The molecule has 2 heterocycles. The second kappa shape index (κ2) is 8.94. The summed E-state index contributed by atoms with van der Waals surface area (Å²) in [5.41, 5.74) is 15.1. The van der Waals surface area contributed by atoms with E-state index in [1.807, 2.05) is 42.5 Å². The summed E-state index contributed by atoms with van der Waals surface area (Å²) in [6.07, 6.45) is 3.90. The van der Waals surface area contributed by atoms with Crippen LogP contribution in [0.5, 0.6) is 0 Å². The first kappa shape index (κ1) is 21.6. The molecule has 2 aromatic heterocycles. The van der Waals surface area contributed by atoms with Crippen molar-refractivity contribution in [2.75, 3.05) is 0 Å². The van der Waals surface area contributed by atoms with E-state index in [1.54, 1.807) is 6.21 Å². The van der Waals surface area contributed by atoms with Gasteiger partial charge in [0.1, 0.15) is 5.69 Å². The van der Waals surface area contributed by atoms with Crippen LogP contribution in [0.25, 0.3) is 21.8 Å². The summed E-state index contributed by atoms with van der Waals surface area (Å²) in [6, 6.07) is 24.6. The lowest BCUT2D eigenvalue weighted by Crippen LogP contribution is -2.14. The molecule has 0 unspecified atom stereocenters. The molecular formula is C29H27N5. The molecule has 0 aliphatic carbocycles. The highest BCUT2D eigenvalue weighted by Gasteiger charge is 2.10. The Morgan fingerprint density at radius 3 is 2.50 bits per heavy atom. The number of nitrogens with two attached hydrogens (primary N) is 1. The van der Waals surface area contributed by atoms with Gasteiger partial charge in [0.05, 0.1) is 11.7 Å². The summed E-state index contributed by atoms with van der Waals surface area (Å²) in [7, 11) is 0. The Morgan fingerprint density at radius 2 is 1.68 bits per heavy atom. The van der Waals surface area contributed by atoms with E-state index in [4.69, 9.17) is 5.73 Å². The van der Waals surface area contributed by atoms with Gasteiger partial charge in [0.15, 0.2) is 5.84 Å². The van der Waals surface area contributed by atoms with Crippen LogP contribution in [0.4, 0.5) is 0 Å². The van der Waals surface area contributed by atoms with E-state index in [2.05, 4.69) is 77.1 Å². The van der Waals surface area contributed by atoms with E-state index in [0.29, 0.717) is 5.69 Å². The van der Waals surface area contributed by atoms with Crippen LogP contribution in [0, 0.1) is 20.8 Å². The molecule has 168 valence electrons. The van der Waals surface area contributed by atoms with Crippen molar-refractivity contribution in [1.29, 1.82) is 0 Å². The lowest BCUT2D eigenvalue weighted by molar-refractivity contribution is 0.822. The van der Waals surface area contributed by atoms with E-state index in [9.17, 15) is 0 Å². The van der Waals surface area contributed by atoms with Gasteiger partial charge in [0.2, 0.25) is 0 Å². The van der Waals surface area contributed by atoms with Crippen molar-refractivity contribution >= 4 is 33.9 Å². The van der Waals surface area contributed by atoms with Gasteiger partial charge >= 0.3 is 0 Å². The van der Waals surface area contributed by atoms with Gasteiger partial charge in [0.25, 0.3) is 0 Å². The summed E-state index contributed by atoms with van der Waals surface area (Å²) in [5.74, 6) is 0.289. The molecule has 0 saturated carbocycles. The first-order chi connectivity index (χ1) is 16.5. The zero-order valence-electron chi connectivity index (χ0n) is 19.7. The van der Waals surface area contributed by atoms with Crippen molar-refractivity contribution in [2.45, 2.75) is 27.3 Å². The van der Waals surface area contributed by atoms with Gasteiger partial charge in [0, 0.05) is 34.6 Å². The molecule has 0 radical (unpaired) electrons. The van der Waals surface area contributed by atoms with E-state index in [0.717, 1.165) is 33.9 Å². The first-order valence-electron chi connectivity index (χ1n) is 11.4. The molecule has 0 aliphatic heterocycles. The number of fused-ring (bicyclic) bond motifs is 2. The molecule has 0 amide bonds. The third-order valence-electron chi connectivity index (χ3n) is 6.21. The zero-order valence-corrected chi connectivity index (χ0v) is 19.7. The Hall–Kier alpha value is -4.25. The number of nitrogens with zero attached hydrogens (tertiary/aromatic N) is 4. The lowest BCUT2D eigenvalue weighted by atomic mass is 10.00. The van der Waals surface area contributed by atoms with Gasteiger partial charge in [-0.15, -0.1) is 5.10 Å². The van der Waals surface area contributed by atoms with Crippen LogP contribution in [-0.4, -0.2) is 21.6 Å². The van der Waals surface area contributed by atoms with Crippen LogP contribution in [0.1, 0.15) is 33.5 Å². The Labute approximate surface area is 199 Å². The largest absolute Gasteiger partial charge is 0.380 e. The number of rotatable bonds is 5. The van der Waals surface area contributed by atoms with Crippen LogP contribution in [-0.2, 0) is 6.54 Å². The van der Waals surface area contributed by atoms with Gasteiger partial charge in [-0.25, -0.2) is 4.98 Å². The normalized spacial score (nSPS) is 12.3. The maximum atomic E-state index is 6.18. The predicted octanol–water partition coefficient (Wildman–Crippen LogP) is 5.90. The highest BCUT2D eigenvalue weighted by Crippen LogP contribution is 2.24. The molecule has 5 aromatic rings. The molecule has 2 N–H and O–H groups in total. The summed E-state index contributed by atoms with van der Waals surface area (Å²) in [6.45, 7) is 7.31. The van der Waals surface area contributed by atoms with Gasteiger partial charge in [-0.05, 0) is 55.7 Å². The van der Waals surface area contributed by atoms with Crippen molar-refractivity contribution in [2.24, 2.45) is 15.9 Å². The van der Waals surface area contributed by atoms with Gasteiger partial charge in [-0.1, -0.05) is 60.2 Å². The fourth-order valence-corrected chi connectivity index (χ4v) is 4.55. The Kier molecular flexibility index (Phi) is 5.68. The minimum absolute atomic E-state index is 0.289. The number of aromatic nitrogens is 2. The maximum absolute atomic E-state index is 6.18. The van der Waals surface area contributed by atoms with Crippen molar-refractivity contribution in [3.63, 3.8) is 0 Å². The topological polar surface area (TPSA) is 68.6 Å². The summed E-state index contributed by atoms with van der Waals surface area (Å²) in [4.78, 5) is 4.59. The molecule has 0 spiro atoms. The smallest absolute Gasteiger partial charge is 0.172 e. The Bertz CT molecular complexity index is 1550. The maximum Gasteiger partial charge on any atom is 0.172 e. The van der Waals surface area contributed by atoms with Crippen molar-refractivity contribution in [3.05, 3.63) is 113 Å². The van der Waals surface area contributed by atoms with E-state index >= 15 is 0 Å². The standard InChI is InChI=1S/C29H27N5/c1-19-14-20(2)25(21(3)15-19)18-34-17-23(24-9-5-7-11-28(24)34)16-31-33-29(30)27-13-12-22-8-4-6-10-26(22)32-27/h4-17H,18H2,1-3H3,(H2,30,33)/b31-16+. The number of hydrogen-bond acceptors (Lipinski definition) is 3. The molecule has 0 aliphatic rings. The van der Waals surface area contributed by atoms with Crippen LogP contribution >= 0.6 is 0 Å². The average Bonchev–Trinajstić information content (AvgIpc) is 3.18. The van der Waals surface area contributed by atoms with E-state index < -0.39 is 0 Å². The molecular weight excluding hydrogens is 418 g/mol. The summed E-state index contributed by atoms with van der Waals surface area (Å²) < 4.78 is 2.28. The van der Waals surface area contributed by atoms with Crippen molar-refractivity contribution < 1.29 is 0 Å². The second-order valence-electron chi connectivity index (χ2n) is 8.73. The number of amidine groups is 1. The second-order valence-corrected chi connectivity index (χ2v) is 8.73. The monoisotopic (exact) mass is 445 g/mol. The SMILES string of the molecule is Cc1cc(C)c(Cn2cc(/C=N/N=C(/N)c3ccc4ccccc4n3)c3ccccc32)c(C)c1. The van der Waals surface area contributed by atoms with Crippen LogP contribution < -0.4 is 5.73 Å². The minimum atomic E-state index is 0.289. The quantitative estimate of drug-likeness (QED) is 0.208. The molecule has 0 atom stereocenters. The van der Waals surface area contributed by atoms with Crippen LogP contribution in [0.3, 0.4) is 0 Å². The Morgan fingerprint density at radius 1 is 0.941 bits per heavy atom. The molecule has 5 heteroatoms. The average molecular weight is 446 g/mol. The molecule has 0 fully saturated rings. The van der Waals surface area contributed by atoms with Crippen LogP contribution in [0.15, 0.2) is 89.2 Å². The predicted molar refractivity (Wildman–Crippen MR) is 142 cm³/mol. The van der Waals surface area contributed by atoms with Crippen LogP contribution in [0.2, 0.25) is 0 Å². The zero-order chi connectivity index (χ0) is 23.7. The van der Waals surface area contributed by atoms with Gasteiger partial charge in [-0.2, -0.15) is 5.10 Å². The van der Waals surface area contributed by atoms with Gasteiger partial charge < -0.3 is 10.3 Å². The molecule has 34 heavy (non-hydrogen) atoms. The molecule has 0 saturated heterocycles. The fourth-order valence-electron chi connectivity index (χ4n) is 4.55. The van der Waals surface area contributed by atoms with E-state index in [1.165, 1.54) is 22.3 Å². The minimum Gasteiger partial charge on any atom is -0.380 e. The van der Waals surface area contributed by atoms with Gasteiger partial charge in [-0.3, -0.25) is 0 Å². The molecule has 5 rings (SSSR count). The Balaban J connectivity index is 1.46. The third kappa shape index (κ3) is 4.20. The summed E-state index contributed by atoms with van der Waals surface area (Å²) >= 11 is 0. The van der Waals surface area contributed by atoms with E-state index in [-0.39, 0.29) is 5.84 Å². The number of para-hydroxylation sites is 2. The fraction of sp³-hybridized carbons (Fsp3) is 0.138. The molecule has 3 aromatic carbocycles.